The van der Waals surface area contributed by atoms with Gasteiger partial charge in [-0.1, -0.05) is 30.3 Å². The van der Waals surface area contributed by atoms with Gasteiger partial charge in [-0.3, -0.25) is 9.08 Å². The molecule has 0 saturated carbocycles. The van der Waals surface area contributed by atoms with Crippen LogP contribution in [0.4, 0.5) is 4.39 Å². The third kappa shape index (κ3) is 4.85. The first-order valence-corrected chi connectivity index (χ1v) is 8.48. The van der Waals surface area contributed by atoms with E-state index in [1.165, 1.54) is 5.56 Å². The molecule has 0 amide bonds. The Bertz CT molecular complexity index is 525. The Morgan fingerprint density at radius 2 is 1.85 bits per heavy atom. The molecule has 0 atom stereocenters. The largest absolute Gasteiger partial charge is 0.299 e. The highest BCUT2D eigenvalue weighted by atomic mass is 32.2. The summed E-state index contributed by atoms with van der Waals surface area (Å²) in [6.07, 6.45) is 1.55. The number of likely N-dealkylation sites (tertiary alicyclic amines) is 1. The molecule has 0 unspecified atom stereocenters. The van der Waals surface area contributed by atoms with Crippen molar-refractivity contribution in [3.8, 4) is 0 Å². The van der Waals surface area contributed by atoms with Gasteiger partial charge in [0.1, 0.15) is 12.3 Å². The summed E-state index contributed by atoms with van der Waals surface area (Å²) in [6, 6.07) is 10.0. The molecule has 1 fully saturated rings. The monoisotopic (exact) mass is 301 g/mol. The van der Waals surface area contributed by atoms with Crippen molar-refractivity contribution in [2.24, 2.45) is 0 Å². The third-order valence-electron chi connectivity index (χ3n) is 3.53. The molecule has 1 aliphatic rings. The lowest BCUT2D eigenvalue weighted by atomic mass is 9.94. The van der Waals surface area contributed by atoms with Gasteiger partial charge in [-0.15, -0.1) is 0 Å². The van der Waals surface area contributed by atoms with Crippen LogP contribution in [-0.4, -0.2) is 44.9 Å². The number of halogens is 1. The molecule has 2 rings (SSSR count). The fourth-order valence-corrected chi connectivity index (χ4v) is 2.74. The minimum absolute atomic E-state index is 0.301. The minimum atomic E-state index is -3.58. The van der Waals surface area contributed by atoms with E-state index in [4.69, 9.17) is 0 Å². The normalized spacial score (nSPS) is 19.9. The van der Waals surface area contributed by atoms with Gasteiger partial charge in [-0.05, 0) is 18.4 Å². The van der Waals surface area contributed by atoms with Gasteiger partial charge in [-0.25, -0.2) is 4.39 Å². The Morgan fingerprint density at radius 3 is 2.40 bits per heavy atom. The Hall–Kier alpha value is -0.980. The second kappa shape index (κ2) is 6.20. The third-order valence-corrected chi connectivity index (χ3v) is 4.08. The molecular formula is C14H20FNO3S. The van der Waals surface area contributed by atoms with Gasteiger partial charge in [0.05, 0.1) is 6.26 Å². The number of rotatable bonds is 5. The highest BCUT2D eigenvalue weighted by molar-refractivity contribution is 7.85. The number of alkyl halides is 1. The van der Waals surface area contributed by atoms with Crippen LogP contribution >= 0.6 is 0 Å². The SMILES string of the molecule is CS(=O)(=O)OCC1(F)CCN(Cc2ccccc2)CC1. The van der Waals surface area contributed by atoms with Crippen LogP contribution in [0.3, 0.4) is 0 Å². The lowest BCUT2D eigenvalue weighted by Crippen LogP contribution is -2.44. The quantitative estimate of drug-likeness (QED) is 0.780. The Balaban J connectivity index is 1.82. The van der Waals surface area contributed by atoms with Crippen LogP contribution in [0, 0.1) is 0 Å². The highest BCUT2D eigenvalue weighted by Crippen LogP contribution is 2.28. The summed E-state index contributed by atoms with van der Waals surface area (Å²) in [5, 5.41) is 0. The van der Waals surface area contributed by atoms with Gasteiger partial charge >= 0.3 is 0 Å². The van der Waals surface area contributed by atoms with Gasteiger partial charge in [0.25, 0.3) is 10.1 Å². The summed E-state index contributed by atoms with van der Waals surface area (Å²) in [5.74, 6) is 0. The predicted octanol–water partition coefficient (Wildman–Crippen LogP) is 1.97. The first-order chi connectivity index (χ1) is 9.36. The summed E-state index contributed by atoms with van der Waals surface area (Å²) < 4.78 is 40.8. The fourth-order valence-electron chi connectivity index (χ4n) is 2.31. The molecule has 0 radical (unpaired) electrons. The van der Waals surface area contributed by atoms with Gasteiger partial charge in [-0.2, -0.15) is 8.42 Å². The van der Waals surface area contributed by atoms with Crippen molar-refractivity contribution >= 4 is 10.1 Å². The number of piperidine rings is 1. The molecule has 4 nitrogen and oxygen atoms in total. The molecule has 1 aromatic carbocycles. The average Bonchev–Trinajstić information content (AvgIpc) is 2.40. The van der Waals surface area contributed by atoms with Crippen molar-refractivity contribution in [3.63, 3.8) is 0 Å². The van der Waals surface area contributed by atoms with Crippen LogP contribution in [0.2, 0.25) is 0 Å². The van der Waals surface area contributed by atoms with E-state index in [0.717, 1.165) is 12.8 Å². The molecule has 0 spiro atoms. The molecule has 0 N–H and O–H groups in total. The highest BCUT2D eigenvalue weighted by Gasteiger charge is 2.35. The molecule has 20 heavy (non-hydrogen) atoms. The number of hydrogen-bond acceptors (Lipinski definition) is 4. The minimum Gasteiger partial charge on any atom is -0.299 e. The Kier molecular flexibility index (Phi) is 4.78. The van der Waals surface area contributed by atoms with Crippen molar-refractivity contribution in [2.45, 2.75) is 25.1 Å². The molecular weight excluding hydrogens is 281 g/mol. The van der Waals surface area contributed by atoms with Crippen LogP contribution in [0.5, 0.6) is 0 Å². The molecule has 0 bridgehead atoms. The summed E-state index contributed by atoms with van der Waals surface area (Å²) in [4.78, 5) is 2.17. The molecule has 0 aliphatic carbocycles. The zero-order valence-electron chi connectivity index (χ0n) is 11.6. The van der Waals surface area contributed by atoms with E-state index >= 15 is 0 Å². The second-order valence-corrected chi connectivity index (χ2v) is 7.02. The molecule has 1 saturated heterocycles. The van der Waals surface area contributed by atoms with Crippen molar-refractivity contribution in [1.29, 1.82) is 0 Å². The summed E-state index contributed by atoms with van der Waals surface area (Å²) >= 11 is 0. The number of hydrogen-bond donors (Lipinski definition) is 0. The van der Waals surface area contributed by atoms with Crippen molar-refractivity contribution < 1.29 is 17.0 Å². The van der Waals surface area contributed by atoms with Gasteiger partial charge in [0.2, 0.25) is 0 Å². The lowest BCUT2D eigenvalue weighted by Gasteiger charge is -2.35. The smallest absolute Gasteiger partial charge is 0.264 e. The van der Waals surface area contributed by atoms with E-state index in [9.17, 15) is 12.8 Å². The van der Waals surface area contributed by atoms with E-state index in [0.29, 0.717) is 25.9 Å². The first-order valence-electron chi connectivity index (χ1n) is 6.66. The number of nitrogens with zero attached hydrogens (tertiary/aromatic N) is 1. The van der Waals surface area contributed by atoms with E-state index < -0.39 is 15.8 Å². The van der Waals surface area contributed by atoms with Crippen molar-refractivity contribution in [2.75, 3.05) is 26.0 Å². The molecule has 0 aromatic heterocycles. The maximum absolute atomic E-state index is 14.4. The standard InChI is InChI=1S/C14H20FNO3S/c1-20(17,18)19-12-14(15)7-9-16(10-8-14)11-13-5-3-2-4-6-13/h2-6H,7-12H2,1H3. The second-order valence-electron chi connectivity index (χ2n) is 5.38. The topological polar surface area (TPSA) is 46.6 Å². The average molecular weight is 301 g/mol. The zero-order valence-corrected chi connectivity index (χ0v) is 12.4. The molecule has 1 heterocycles. The molecule has 1 aliphatic heterocycles. The van der Waals surface area contributed by atoms with Gasteiger partial charge in [0.15, 0.2) is 0 Å². The van der Waals surface area contributed by atoms with Crippen LogP contribution < -0.4 is 0 Å². The van der Waals surface area contributed by atoms with E-state index in [1.807, 2.05) is 30.3 Å². The van der Waals surface area contributed by atoms with Crippen LogP contribution in [0.1, 0.15) is 18.4 Å². The summed E-state index contributed by atoms with van der Waals surface area (Å²) in [5.41, 5.74) is -0.331. The number of benzene rings is 1. The van der Waals surface area contributed by atoms with E-state index in [1.54, 1.807) is 0 Å². The Morgan fingerprint density at radius 1 is 1.25 bits per heavy atom. The Labute approximate surface area is 119 Å². The first kappa shape index (κ1) is 15.4. The van der Waals surface area contributed by atoms with Crippen LogP contribution in [-0.2, 0) is 20.8 Å². The lowest BCUT2D eigenvalue weighted by molar-refractivity contribution is 0.0174. The zero-order chi connectivity index (χ0) is 14.6. The van der Waals surface area contributed by atoms with Gasteiger partial charge in [0, 0.05) is 19.6 Å². The van der Waals surface area contributed by atoms with Crippen molar-refractivity contribution in [3.05, 3.63) is 35.9 Å². The summed E-state index contributed by atoms with van der Waals surface area (Å²) in [6.45, 7) is 1.64. The summed E-state index contributed by atoms with van der Waals surface area (Å²) in [7, 11) is -3.58. The van der Waals surface area contributed by atoms with Crippen molar-refractivity contribution in [1.82, 2.24) is 4.90 Å². The molecule has 1 aromatic rings. The van der Waals surface area contributed by atoms with Crippen LogP contribution in [0.15, 0.2) is 30.3 Å². The van der Waals surface area contributed by atoms with Crippen LogP contribution in [0.25, 0.3) is 0 Å². The van der Waals surface area contributed by atoms with E-state index in [-0.39, 0.29) is 6.61 Å². The van der Waals surface area contributed by atoms with E-state index in [2.05, 4.69) is 9.08 Å². The molecule has 6 heteroatoms. The molecule has 112 valence electrons. The maximum Gasteiger partial charge on any atom is 0.264 e. The maximum atomic E-state index is 14.4. The predicted molar refractivity (Wildman–Crippen MR) is 75.6 cm³/mol. The van der Waals surface area contributed by atoms with Gasteiger partial charge < -0.3 is 0 Å². The fraction of sp³-hybridized carbons (Fsp3) is 0.571.